The molecule has 1 aromatic rings. The zero-order chi connectivity index (χ0) is 20.9. The van der Waals surface area contributed by atoms with E-state index in [1.165, 1.54) is 14.2 Å². The minimum absolute atomic E-state index is 0.00851. The van der Waals surface area contributed by atoms with Crippen molar-refractivity contribution in [1.82, 2.24) is 0 Å². The van der Waals surface area contributed by atoms with Gasteiger partial charge in [0.15, 0.2) is 11.3 Å². The van der Waals surface area contributed by atoms with Crippen molar-refractivity contribution in [3.63, 3.8) is 0 Å². The van der Waals surface area contributed by atoms with Gasteiger partial charge in [0.25, 0.3) is 0 Å². The molecule has 1 aliphatic rings. The van der Waals surface area contributed by atoms with Crippen LogP contribution in [0.25, 0.3) is 6.08 Å². The van der Waals surface area contributed by atoms with Gasteiger partial charge in [-0.3, -0.25) is 0 Å². The molecule has 0 saturated heterocycles. The van der Waals surface area contributed by atoms with Gasteiger partial charge in [0.05, 0.1) is 26.9 Å². The lowest BCUT2D eigenvalue weighted by atomic mass is 9.94. The number of benzene rings is 1. The van der Waals surface area contributed by atoms with Crippen molar-refractivity contribution < 1.29 is 18.9 Å². The third-order valence-corrected chi connectivity index (χ3v) is 4.23. The Morgan fingerprint density at radius 3 is 1.96 bits per heavy atom. The Morgan fingerprint density at radius 2 is 1.54 bits per heavy atom. The molecule has 7 nitrogen and oxygen atoms in total. The summed E-state index contributed by atoms with van der Waals surface area (Å²) < 4.78 is 21.8. The Kier molecular flexibility index (Phi) is 5.98. The Hall–Kier alpha value is -3.89. The number of rotatable bonds is 5. The summed E-state index contributed by atoms with van der Waals surface area (Å²) in [5.74, 6) is 1.61. The summed E-state index contributed by atoms with van der Waals surface area (Å²) >= 11 is 0. The Morgan fingerprint density at radius 1 is 0.964 bits per heavy atom. The van der Waals surface area contributed by atoms with Crippen molar-refractivity contribution in [3.8, 4) is 35.5 Å². The second-order valence-corrected chi connectivity index (χ2v) is 6.22. The van der Waals surface area contributed by atoms with Crippen LogP contribution in [0.5, 0.6) is 17.2 Å². The van der Waals surface area contributed by atoms with E-state index in [1.54, 1.807) is 57.4 Å². The molecule has 0 bridgehead atoms. The second-order valence-electron chi connectivity index (χ2n) is 6.22. The van der Waals surface area contributed by atoms with E-state index in [0.717, 1.165) is 0 Å². The number of ether oxygens (including phenoxy) is 4. The molecular weight excluding hydrogens is 358 g/mol. The smallest absolute Gasteiger partial charge is 0.172 e. The summed E-state index contributed by atoms with van der Waals surface area (Å²) in [6.45, 7) is 3.51. The molecule has 1 aliphatic heterocycles. The quantitative estimate of drug-likeness (QED) is 0.720. The molecule has 142 valence electrons. The Balaban J connectivity index is 2.67. The SMILES string of the molecule is COc1cc(OC)c(/C=C/C2=C(C#N)C(=C(C#N)C#N)OC2(C)C)c(OC)c1. The molecule has 0 saturated carbocycles. The Bertz CT molecular complexity index is 971. The molecule has 1 heterocycles. The number of hydrogen-bond acceptors (Lipinski definition) is 7. The molecule has 0 aliphatic carbocycles. The highest BCUT2D eigenvalue weighted by Crippen LogP contribution is 2.41. The van der Waals surface area contributed by atoms with E-state index in [4.69, 9.17) is 29.5 Å². The van der Waals surface area contributed by atoms with Gasteiger partial charge in [-0.25, -0.2) is 0 Å². The number of nitrogens with zero attached hydrogens (tertiary/aromatic N) is 3. The maximum Gasteiger partial charge on any atom is 0.172 e. The van der Waals surface area contributed by atoms with Gasteiger partial charge in [-0.1, -0.05) is 6.08 Å². The van der Waals surface area contributed by atoms with E-state index in [-0.39, 0.29) is 16.9 Å². The summed E-state index contributed by atoms with van der Waals surface area (Å²) in [5.41, 5.74) is 0.180. The van der Waals surface area contributed by atoms with Crippen molar-refractivity contribution >= 4 is 6.08 Å². The Labute approximate surface area is 163 Å². The van der Waals surface area contributed by atoms with Crippen LogP contribution < -0.4 is 14.2 Å². The van der Waals surface area contributed by atoms with E-state index in [2.05, 4.69) is 0 Å². The van der Waals surface area contributed by atoms with Crippen LogP contribution in [0.15, 0.2) is 40.7 Å². The van der Waals surface area contributed by atoms with Crippen molar-refractivity contribution in [3.05, 3.63) is 46.3 Å². The fourth-order valence-electron chi connectivity index (χ4n) is 2.85. The normalized spacial score (nSPS) is 14.7. The predicted molar refractivity (Wildman–Crippen MR) is 101 cm³/mol. The predicted octanol–water partition coefficient (Wildman–Crippen LogP) is 3.66. The summed E-state index contributed by atoms with van der Waals surface area (Å²) in [5, 5.41) is 27.9. The van der Waals surface area contributed by atoms with Gasteiger partial charge in [0.1, 0.15) is 46.6 Å². The third-order valence-electron chi connectivity index (χ3n) is 4.23. The molecule has 28 heavy (non-hydrogen) atoms. The van der Waals surface area contributed by atoms with Gasteiger partial charge in [-0.05, 0) is 19.9 Å². The number of hydrogen-bond donors (Lipinski definition) is 0. The molecule has 0 N–H and O–H groups in total. The van der Waals surface area contributed by atoms with Crippen LogP contribution in [0, 0.1) is 34.0 Å². The van der Waals surface area contributed by atoms with Crippen LogP contribution in [0.2, 0.25) is 0 Å². The molecule has 0 aromatic heterocycles. The van der Waals surface area contributed by atoms with Crippen LogP contribution in [0.4, 0.5) is 0 Å². The summed E-state index contributed by atoms with van der Waals surface area (Å²) in [4.78, 5) is 0. The first-order chi connectivity index (χ1) is 13.4. The van der Waals surface area contributed by atoms with E-state index >= 15 is 0 Å². The minimum atomic E-state index is -0.900. The molecule has 1 aromatic carbocycles. The zero-order valence-corrected chi connectivity index (χ0v) is 16.3. The third kappa shape index (κ3) is 3.63. The molecular formula is C21H19N3O4. The molecule has 0 atom stereocenters. The van der Waals surface area contributed by atoms with E-state index in [9.17, 15) is 5.26 Å². The molecule has 0 unspecified atom stereocenters. The van der Waals surface area contributed by atoms with E-state index in [0.29, 0.717) is 28.4 Å². The monoisotopic (exact) mass is 377 g/mol. The number of nitriles is 3. The van der Waals surface area contributed by atoms with Crippen molar-refractivity contribution in [2.45, 2.75) is 19.4 Å². The zero-order valence-electron chi connectivity index (χ0n) is 16.3. The highest BCUT2D eigenvalue weighted by atomic mass is 16.5. The number of allylic oxidation sites excluding steroid dienone is 2. The molecule has 0 spiro atoms. The van der Waals surface area contributed by atoms with Gasteiger partial charge >= 0.3 is 0 Å². The van der Waals surface area contributed by atoms with E-state index in [1.807, 2.05) is 6.07 Å². The van der Waals surface area contributed by atoms with Crippen molar-refractivity contribution in [2.24, 2.45) is 0 Å². The first kappa shape index (κ1) is 20.4. The second kappa shape index (κ2) is 8.20. The van der Waals surface area contributed by atoms with Crippen molar-refractivity contribution in [2.75, 3.05) is 21.3 Å². The summed E-state index contributed by atoms with van der Waals surface area (Å²) in [6.07, 6.45) is 3.43. The van der Waals surface area contributed by atoms with Gasteiger partial charge < -0.3 is 18.9 Å². The summed E-state index contributed by atoms with van der Waals surface area (Å²) in [7, 11) is 4.60. The largest absolute Gasteiger partial charge is 0.496 e. The molecule has 0 fully saturated rings. The average molecular weight is 377 g/mol. The fourth-order valence-corrected chi connectivity index (χ4v) is 2.85. The lowest BCUT2D eigenvalue weighted by Gasteiger charge is -2.20. The summed E-state index contributed by atoms with van der Waals surface area (Å²) in [6, 6.07) is 9.01. The van der Waals surface area contributed by atoms with Gasteiger partial charge in [-0.15, -0.1) is 0 Å². The van der Waals surface area contributed by atoms with Crippen LogP contribution in [0.1, 0.15) is 19.4 Å². The fraction of sp³-hybridized carbons (Fsp3) is 0.286. The van der Waals surface area contributed by atoms with Gasteiger partial charge in [-0.2, -0.15) is 15.8 Å². The van der Waals surface area contributed by atoms with Gasteiger partial charge in [0, 0.05) is 17.7 Å². The van der Waals surface area contributed by atoms with Crippen molar-refractivity contribution in [1.29, 1.82) is 15.8 Å². The standard InChI is InChI=1S/C21H19N3O4/c1-21(2)17(16(12-24)20(28-21)13(10-22)11-23)7-6-15-18(26-4)8-14(25-3)9-19(15)27-5/h6-9H,1-5H3/b7-6+. The molecule has 7 heteroatoms. The first-order valence-electron chi connectivity index (χ1n) is 8.23. The highest BCUT2D eigenvalue weighted by Gasteiger charge is 2.38. The topological polar surface area (TPSA) is 108 Å². The first-order valence-corrected chi connectivity index (χ1v) is 8.23. The van der Waals surface area contributed by atoms with Crippen LogP contribution >= 0.6 is 0 Å². The highest BCUT2D eigenvalue weighted by molar-refractivity contribution is 5.70. The molecule has 0 amide bonds. The maximum atomic E-state index is 9.61. The maximum absolute atomic E-state index is 9.61. The number of methoxy groups -OCH3 is 3. The molecule has 2 rings (SSSR count). The molecule has 0 radical (unpaired) electrons. The van der Waals surface area contributed by atoms with Crippen LogP contribution in [-0.2, 0) is 4.74 Å². The lowest BCUT2D eigenvalue weighted by molar-refractivity contribution is 0.0954. The van der Waals surface area contributed by atoms with Crippen LogP contribution in [0.3, 0.4) is 0 Å². The average Bonchev–Trinajstić information content (AvgIpc) is 2.96. The van der Waals surface area contributed by atoms with Crippen LogP contribution in [-0.4, -0.2) is 26.9 Å². The minimum Gasteiger partial charge on any atom is -0.496 e. The lowest BCUT2D eigenvalue weighted by Crippen LogP contribution is -2.20. The van der Waals surface area contributed by atoms with Gasteiger partial charge in [0.2, 0.25) is 0 Å². The van der Waals surface area contributed by atoms with E-state index < -0.39 is 5.60 Å².